The van der Waals surface area contributed by atoms with E-state index in [4.69, 9.17) is 15.2 Å². The predicted molar refractivity (Wildman–Crippen MR) is 73.4 cm³/mol. The van der Waals surface area contributed by atoms with Crippen molar-refractivity contribution in [2.45, 2.75) is 43.9 Å². The quantitative estimate of drug-likeness (QED) is 0.888. The number of fused-ring (bicyclic) bond motifs is 1. The van der Waals surface area contributed by atoms with Crippen LogP contribution in [0.4, 0.5) is 0 Å². The fraction of sp³-hybridized carbons (Fsp3) is 0.625. The van der Waals surface area contributed by atoms with Crippen LogP contribution in [-0.2, 0) is 5.41 Å². The topological polar surface area (TPSA) is 44.5 Å². The van der Waals surface area contributed by atoms with Crippen molar-refractivity contribution in [2.24, 2.45) is 11.1 Å². The monoisotopic (exact) mass is 259 g/mol. The van der Waals surface area contributed by atoms with E-state index < -0.39 is 0 Å². The molecule has 4 rings (SSSR count). The largest absolute Gasteiger partial charge is 0.454 e. The molecule has 0 atom stereocenters. The Morgan fingerprint density at radius 3 is 2.53 bits per heavy atom. The number of ether oxygens (including phenoxy) is 2. The maximum Gasteiger partial charge on any atom is 0.231 e. The van der Waals surface area contributed by atoms with E-state index in [0.717, 1.165) is 18.0 Å². The second kappa shape index (κ2) is 3.89. The van der Waals surface area contributed by atoms with Crippen molar-refractivity contribution >= 4 is 0 Å². The molecule has 1 aliphatic heterocycles. The lowest BCUT2D eigenvalue weighted by atomic mass is 9.49. The van der Waals surface area contributed by atoms with Gasteiger partial charge in [-0.25, -0.2) is 0 Å². The molecule has 2 aliphatic carbocycles. The van der Waals surface area contributed by atoms with Crippen LogP contribution in [-0.4, -0.2) is 13.3 Å². The summed E-state index contributed by atoms with van der Waals surface area (Å²) in [5, 5.41) is 0. The van der Waals surface area contributed by atoms with E-state index in [1.54, 1.807) is 0 Å². The van der Waals surface area contributed by atoms with Crippen molar-refractivity contribution in [2.75, 3.05) is 13.3 Å². The first kappa shape index (κ1) is 11.6. The summed E-state index contributed by atoms with van der Waals surface area (Å²) >= 11 is 0. The summed E-state index contributed by atoms with van der Waals surface area (Å²) < 4.78 is 10.9. The van der Waals surface area contributed by atoms with Gasteiger partial charge in [0, 0.05) is 12.0 Å². The molecule has 2 saturated carbocycles. The van der Waals surface area contributed by atoms with Gasteiger partial charge in [-0.1, -0.05) is 18.9 Å². The summed E-state index contributed by atoms with van der Waals surface area (Å²) in [6, 6.07) is 6.37. The number of rotatable bonds is 2. The third-order valence-corrected chi connectivity index (χ3v) is 5.47. The Labute approximate surface area is 114 Å². The fourth-order valence-electron chi connectivity index (χ4n) is 4.56. The maximum absolute atomic E-state index is 6.12. The van der Waals surface area contributed by atoms with Crippen molar-refractivity contribution < 1.29 is 9.47 Å². The average Bonchev–Trinajstić information content (AvgIpc) is 3.04. The highest BCUT2D eigenvalue weighted by Crippen LogP contribution is 2.62. The van der Waals surface area contributed by atoms with Crippen LogP contribution in [0.2, 0.25) is 0 Å². The minimum atomic E-state index is 0.186. The van der Waals surface area contributed by atoms with Crippen LogP contribution in [0.15, 0.2) is 18.2 Å². The first-order chi connectivity index (χ1) is 9.25. The Kier molecular flexibility index (Phi) is 2.37. The van der Waals surface area contributed by atoms with E-state index >= 15 is 0 Å². The number of benzene rings is 1. The van der Waals surface area contributed by atoms with Crippen molar-refractivity contribution in [3.8, 4) is 11.5 Å². The molecule has 1 aromatic carbocycles. The molecule has 1 spiro atoms. The molecule has 0 saturated heterocycles. The minimum absolute atomic E-state index is 0.186. The summed E-state index contributed by atoms with van der Waals surface area (Å²) in [4.78, 5) is 0. The summed E-state index contributed by atoms with van der Waals surface area (Å²) in [5.41, 5.74) is 8.26. The molecule has 0 bridgehead atoms. The van der Waals surface area contributed by atoms with Gasteiger partial charge in [0.05, 0.1) is 0 Å². The van der Waals surface area contributed by atoms with Gasteiger partial charge < -0.3 is 15.2 Å². The van der Waals surface area contributed by atoms with E-state index in [0.29, 0.717) is 12.2 Å². The van der Waals surface area contributed by atoms with Gasteiger partial charge in [0.1, 0.15) is 0 Å². The van der Waals surface area contributed by atoms with E-state index in [1.165, 1.54) is 44.1 Å². The van der Waals surface area contributed by atoms with Gasteiger partial charge in [-0.3, -0.25) is 0 Å². The zero-order valence-electron chi connectivity index (χ0n) is 11.3. The van der Waals surface area contributed by atoms with Crippen molar-refractivity contribution in [1.29, 1.82) is 0 Å². The minimum Gasteiger partial charge on any atom is -0.454 e. The van der Waals surface area contributed by atoms with Gasteiger partial charge >= 0.3 is 0 Å². The summed E-state index contributed by atoms with van der Waals surface area (Å²) in [5.74, 6) is 1.75. The van der Waals surface area contributed by atoms with Crippen molar-refractivity contribution in [3.63, 3.8) is 0 Å². The van der Waals surface area contributed by atoms with Gasteiger partial charge in [0.25, 0.3) is 0 Å². The molecule has 0 radical (unpaired) electrons. The van der Waals surface area contributed by atoms with Crippen LogP contribution in [0.25, 0.3) is 0 Å². The van der Waals surface area contributed by atoms with Crippen LogP contribution in [0.3, 0.4) is 0 Å². The number of hydrogen-bond donors (Lipinski definition) is 1. The zero-order valence-corrected chi connectivity index (χ0v) is 11.3. The molecule has 1 aromatic rings. The van der Waals surface area contributed by atoms with Crippen molar-refractivity contribution in [1.82, 2.24) is 0 Å². The highest BCUT2D eigenvalue weighted by atomic mass is 16.7. The lowest BCUT2D eigenvalue weighted by Gasteiger charge is -2.55. The van der Waals surface area contributed by atoms with E-state index in [-0.39, 0.29) is 5.41 Å². The van der Waals surface area contributed by atoms with Gasteiger partial charge in [0.2, 0.25) is 6.79 Å². The van der Waals surface area contributed by atoms with Gasteiger partial charge in [-0.15, -0.1) is 0 Å². The second-order valence-corrected chi connectivity index (χ2v) is 6.61. The molecule has 3 heteroatoms. The molecular weight excluding hydrogens is 238 g/mol. The molecule has 102 valence electrons. The van der Waals surface area contributed by atoms with Crippen LogP contribution in [0, 0.1) is 5.41 Å². The third kappa shape index (κ3) is 1.61. The molecule has 19 heavy (non-hydrogen) atoms. The molecule has 3 nitrogen and oxygen atoms in total. The molecular formula is C16H21NO2. The van der Waals surface area contributed by atoms with Crippen LogP contribution in [0.5, 0.6) is 11.5 Å². The Morgan fingerprint density at radius 2 is 1.79 bits per heavy atom. The summed E-state index contributed by atoms with van der Waals surface area (Å²) in [6.07, 6.45) is 8.13. The Balaban J connectivity index is 1.63. The molecule has 0 unspecified atom stereocenters. The Hall–Kier alpha value is -1.22. The average molecular weight is 259 g/mol. The fourth-order valence-corrected chi connectivity index (χ4v) is 4.56. The highest BCUT2D eigenvalue weighted by Gasteiger charge is 2.55. The summed E-state index contributed by atoms with van der Waals surface area (Å²) in [6.45, 7) is 1.09. The standard InChI is InChI=1S/C16H21NO2/c17-10-16(8-15(9-16)5-1-2-6-15)12-3-4-13-14(7-12)19-11-18-13/h3-4,7H,1-2,5-6,8-11,17H2. The Morgan fingerprint density at radius 1 is 1.05 bits per heavy atom. The third-order valence-electron chi connectivity index (χ3n) is 5.47. The summed E-state index contributed by atoms with van der Waals surface area (Å²) in [7, 11) is 0. The normalized spacial score (nSPS) is 25.5. The smallest absolute Gasteiger partial charge is 0.231 e. The SMILES string of the molecule is NCC1(c2ccc3c(c2)OCO3)CC2(CCCC2)C1. The first-order valence-corrected chi connectivity index (χ1v) is 7.36. The predicted octanol–water partition coefficient (Wildman–Crippen LogP) is 2.97. The Bertz CT molecular complexity index is 497. The van der Waals surface area contributed by atoms with Crippen LogP contribution in [0.1, 0.15) is 44.1 Å². The molecule has 0 aromatic heterocycles. The van der Waals surface area contributed by atoms with Gasteiger partial charge in [0.15, 0.2) is 11.5 Å². The zero-order chi connectivity index (χ0) is 12.9. The first-order valence-electron chi connectivity index (χ1n) is 7.36. The maximum atomic E-state index is 6.12. The van der Waals surface area contributed by atoms with Gasteiger partial charge in [-0.05, 0) is 48.8 Å². The van der Waals surface area contributed by atoms with Crippen molar-refractivity contribution in [3.05, 3.63) is 23.8 Å². The molecule has 2 N–H and O–H groups in total. The van der Waals surface area contributed by atoms with E-state index in [1.807, 2.05) is 6.07 Å². The molecule has 3 aliphatic rings. The lowest BCUT2D eigenvalue weighted by Crippen LogP contribution is -2.52. The van der Waals surface area contributed by atoms with Crippen LogP contribution < -0.4 is 15.2 Å². The lowest BCUT2D eigenvalue weighted by molar-refractivity contribution is 0.0328. The second-order valence-electron chi connectivity index (χ2n) is 6.61. The molecule has 0 amide bonds. The van der Waals surface area contributed by atoms with Gasteiger partial charge in [-0.2, -0.15) is 0 Å². The molecule has 1 heterocycles. The highest BCUT2D eigenvalue weighted by molar-refractivity contribution is 5.48. The number of nitrogens with two attached hydrogens (primary N) is 1. The van der Waals surface area contributed by atoms with E-state index in [2.05, 4.69) is 12.1 Å². The number of hydrogen-bond acceptors (Lipinski definition) is 3. The van der Waals surface area contributed by atoms with Crippen LogP contribution >= 0.6 is 0 Å². The van der Waals surface area contributed by atoms with E-state index in [9.17, 15) is 0 Å². The molecule has 2 fully saturated rings.